The van der Waals surface area contributed by atoms with Crippen molar-refractivity contribution >= 4 is 11.7 Å². The lowest BCUT2D eigenvalue weighted by molar-refractivity contribution is 0.0518. The van der Waals surface area contributed by atoms with Crippen molar-refractivity contribution in [3.63, 3.8) is 0 Å². The fourth-order valence-electron chi connectivity index (χ4n) is 3.38. The fraction of sp³-hybridized carbons (Fsp3) is 0.130. The van der Waals surface area contributed by atoms with Gasteiger partial charge in [-0.25, -0.2) is 9.78 Å². The SMILES string of the molecule is C#C[C@@H]1N=C(c2ccccc2)c2cc(C#N)ccc2-n2cnc(C(=O)OCC)c21. The molecule has 0 unspecified atom stereocenters. The molecular weight excluding hydrogens is 364 g/mol. The number of ether oxygens (including phenoxy) is 1. The van der Waals surface area contributed by atoms with Gasteiger partial charge in [0, 0.05) is 11.1 Å². The highest BCUT2D eigenvalue weighted by Crippen LogP contribution is 2.33. The quantitative estimate of drug-likeness (QED) is 0.515. The van der Waals surface area contributed by atoms with Crippen molar-refractivity contribution in [2.24, 2.45) is 4.99 Å². The van der Waals surface area contributed by atoms with Crippen molar-refractivity contribution < 1.29 is 9.53 Å². The minimum Gasteiger partial charge on any atom is -0.461 e. The smallest absolute Gasteiger partial charge is 0.358 e. The molecule has 0 spiro atoms. The molecule has 0 aliphatic carbocycles. The molecule has 0 saturated carbocycles. The number of fused-ring (bicyclic) bond motifs is 3. The van der Waals surface area contributed by atoms with Crippen molar-refractivity contribution in [2.75, 3.05) is 6.61 Å². The van der Waals surface area contributed by atoms with Gasteiger partial charge in [0.25, 0.3) is 0 Å². The molecule has 4 rings (SSSR count). The van der Waals surface area contributed by atoms with Gasteiger partial charge < -0.3 is 4.74 Å². The summed E-state index contributed by atoms with van der Waals surface area (Å²) in [7, 11) is 0. The first kappa shape index (κ1) is 18.2. The number of terminal acetylenes is 1. The van der Waals surface area contributed by atoms with Crippen molar-refractivity contribution in [3.8, 4) is 24.1 Å². The van der Waals surface area contributed by atoms with Crippen LogP contribution in [0.1, 0.15) is 45.8 Å². The summed E-state index contributed by atoms with van der Waals surface area (Å²) in [5, 5.41) is 9.39. The standard InChI is InChI=1S/C23H16N4O2/c1-3-18-22-21(23(28)29-4-2)25-14-27(22)19-11-10-15(13-24)12-17(19)20(26-18)16-8-6-5-7-9-16/h1,5-12,14,18H,4H2,2H3/t18-/m0/s1. The zero-order chi connectivity index (χ0) is 20.4. The molecule has 29 heavy (non-hydrogen) atoms. The molecule has 1 atom stereocenters. The van der Waals surface area contributed by atoms with Gasteiger partial charge in [-0.05, 0) is 25.1 Å². The Hall–Kier alpha value is -4.16. The third-order valence-electron chi connectivity index (χ3n) is 4.64. The minimum atomic E-state index is -0.745. The molecule has 6 heteroatoms. The molecule has 2 heterocycles. The fourth-order valence-corrected chi connectivity index (χ4v) is 3.38. The summed E-state index contributed by atoms with van der Waals surface area (Å²) in [6, 6.07) is 16.3. The summed E-state index contributed by atoms with van der Waals surface area (Å²) >= 11 is 0. The van der Waals surface area contributed by atoms with Gasteiger partial charge >= 0.3 is 5.97 Å². The van der Waals surface area contributed by atoms with Crippen LogP contribution in [0.5, 0.6) is 0 Å². The molecule has 140 valence electrons. The van der Waals surface area contributed by atoms with E-state index in [1.165, 1.54) is 0 Å². The zero-order valence-corrected chi connectivity index (χ0v) is 15.7. The van der Waals surface area contributed by atoms with E-state index in [1.54, 1.807) is 30.0 Å². The van der Waals surface area contributed by atoms with Gasteiger partial charge in [-0.15, -0.1) is 6.42 Å². The Balaban J connectivity index is 2.03. The second-order valence-electron chi connectivity index (χ2n) is 6.33. The molecule has 3 aromatic rings. The van der Waals surface area contributed by atoms with Crippen LogP contribution in [-0.4, -0.2) is 27.8 Å². The van der Waals surface area contributed by atoms with Gasteiger partial charge in [-0.2, -0.15) is 5.26 Å². The highest BCUT2D eigenvalue weighted by atomic mass is 16.5. The third kappa shape index (κ3) is 3.07. The van der Waals surface area contributed by atoms with Crippen molar-refractivity contribution in [1.29, 1.82) is 5.26 Å². The number of nitriles is 1. The van der Waals surface area contributed by atoms with Crippen LogP contribution >= 0.6 is 0 Å². The summed E-state index contributed by atoms with van der Waals surface area (Å²) in [5.41, 5.74) is 4.11. The number of hydrogen-bond donors (Lipinski definition) is 0. The molecule has 0 N–H and O–H groups in total. The van der Waals surface area contributed by atoms with E-state index < -0.39 is 12.0 Å². The maximum atomic E-state index is 12.5. The van der Waals surface area contributed by atoms with E-state index >= 15 is 0 Å². The number of aromatic nitrogens is 2. The Morgan fingerprint density at radius 2 is 2.07 bits per heavy atom. The second-order valence-corrected chi connectivity index (χ2v) is 6.33. The average Bonchev–Trinajstić information content (AvgIpc) is 3.14. The first-order valence-corrected chi connectivity index (χ1v) is 9.06. The Morgan fingerprint density at radius 1 is 1.28 bits per heavy atom. The maximum Gasteiger partial charge on any atom is 0.358 e. The van der Waals surface area contributed by atoms with Crippen molar-refractivity contribution in [3.05, 3.63) is 82.9 Å². The highest BCUT2D eigenvalue weighted by Gasteiger charge is 2.30. The van der Waals surface area contributed by atoms with Crippen LogP contribution in [-0.2, 0) is 4.74 Å². The van der Waals surface area contributed by atoms with Gasteiger partial charge in [0.2, 0.25) is 0 Å². The summed E-state index contributed by atoms with van der Waals surface area (Å²) in [6.45, 7) is 1.96. The van der Waals surface area contributed by atoms with Crippen molar-refractivity contribution in [1.82, 2.24) is 9.55 Å². The molecule has 2 aromatic carbocycles. The lowest BCUT2D eigenvalue weighted by atomic mass is 9.98. The molecule has 0 saturated heterocycles. The Kier molecular flexibility index (Phi) is 4.68. The van der Waals surface area contributed by atoms with E-state index in [4.69, 9.17) is 16.2 Å². The average molecular weight is 380 g/mol. The van der Waals surface area contributed by atoms with Crippen LogP contribution in [0.25, 0.3) is 5.69 Å². The van der Waals surface area contributed by atoms with Gasteiger partial charge in [-0.3, -0.25) is 9.56 Å². The van der Waals surface area contributed by atoms with Crippen LogP contribution in [0.15, 0.2) is 59.9 Å². The number of nitrogens with zero attached hydrogens (tertiary/aromatic N) is 4. The molecule has 1 aliphatic rings. The number of imidazole rings is 1. The van der Waals surface area contributed by atoms with E-state index in [9.17, 15) is 10.1 Å². The van der Waals surface area contributed by atoms with E-state index in [2.05, 4.69) is 17.0 Å². The number of esters is 1. The molecule has 0 radical (unpaired) electrons. The Bertz CT molecular complexity index is 1210. The summed E-state index contributed by atoms with van der Waals surface area (Å²) < 4.78 is 6.90. The van der Waals surface area contributed by atoms with Gasteiger partial charge in [-0.1, -0.05) is 36.3 Å². The molecular formula is C23H16N4O2. The molecule has 0 bridgehead atoms. The van der Waals surface area contributed by atoms with Gasteiger partial charge in [0.1, 0.15) is 6.33 Å². The molecule has 1 aromatic heterocycles. The molecule has 0 amide bonds. The first-order valence-electron chi connectivity index (χ1n) is 9.06. The zero-order valence-electron chi connectivity index (χ0n) is 15.7. The molecule has 0 fully saturated rings. The van der Waals surface area contributed by atoms with Gasteiger partial charge in [0.05, 0.1) is 35.3 Å². The maximum absolute atomic E-state index is 12.5. The highest BCUT2D eigenvalue weighted by molar-refractivity contribution is 6.15. The summed E-state index contributed by atoms with van der Waals surface area (Å²) in [6.07, 6.45) is 7.36. The van der Waals surface area contributed by atoms with Crippen LogP contribution in [0.4, 0.5) is 0 Å². The topological polar surface area (TPSA) is 80.3 Å². The lowest BCUT2D eigenvalue weighted by Crippen LogP contribution is -2.12. The van der Waals surface area contributed by atoms with Crippen LogP contribution in [0, 0.1) is 23.7 Å². The monoisotopic (exact) mass is 380 g/mol. The third-order valence-corrected chi connectivity index (χ3v) is 4.64. The Labute approximate surface area is 168 Å². The number of benzene rings is 2. The predicted molar refractivity (Wildman–Crippen MR) is 108 cm³/mol. The number of aliphatic imine (C=N–C) groups is 1. The number of rotatable bonds is 3. The van der Waals surface area contributed by atoms with Crippen LogP contribution in [0.2, 0.25) is 0 Å². The predicted octanol–water partition coefficient (Wildman–Crippen LogP) is 3.45. The minimum absolute atomic E-state index is 0.142. The first-order chi connectivity index (χ1) is 14.2. The van der Waals surface area contributed by atoms with Crippen LogP contribution in [0.3, 0.4) is 0 Å². The van der Waals surface area contributed by atoms with E-state index in [-0.39, 0.29) is 12.3 Å². The normalized spacial score (nSPS) is 14.4. The molecule has 1 aliphatic heterocycles. The van der Waals surface area contributed by atoms with Crippen molar-refractivity contribution in [2.45, 2.75) is 13.0 Å². The lowest BCUT2D eigenvalue weighted by Gasteiger charge is -2.12. The number of carbonyl (C=O) groups excluding carboxylic acids is 1. The largest absolute Gasteiger partial charge is 0.461 e. The number of hydrogen-bond acceptors (Lipinski definition) is 5. The van der Waals surface area contributed by atoms with E-state index in [0.29, 0.717) is 17.0 Å². The van der Waals surface area contributed by atoms with E-state index in [0.717, 1.165) is 16.8 Å². The Morgan fingerprint density at radius 3 is 2.76 bits per heavy atom. The summed E-state index contributed by atoms with van der Waals surface area (Å²) in [4.78, 5) is 21.5. The van der Waals surface area contributed by atoms with Crippen LogP contribution < -0.4 is 0 Å². The summed E-state index contributed by atoms with van der Waals surface area (Å²) in [5.74, 6) is 2.12. The van der Waals surface area contributed by atoms with E-state index in [1.807, 2.05) is 36.4 Å². The molecule has 6 nitrogen and oxygen atoms in total. The second kappa shape index (κ2) is 7.46. The van der Waals surface area contributed by atoms with Gasteiger partial charge in [0.15, 0.2) is 11.7 Å². The number of carbonyl (C=O) groups is 1.